The van der Waals surface area contributed by atoms with Gasteiger partial charge in [0.05, 0.1) is 11.9 Å². The minimum Gasteiger partial charge on any atom is -0.367 e. The van der Waals surface area contributed by atoms with Gasteiger partial charge in [-0.1, -0.05) is 39.3 Å². The first-order chi connectivity index (χ1) is 9.16. The molecule has 0 fully saturated rings. The summed E-state index contributed by atoms with van der Waals surface area (Å²) in [5, 5.41) is 4.02. The lowest BCUT2D eigenvalue weighted by molar-refractivity contribution is 0.439. The lowest BCUT2D eigenvalue weighted by Gasteiger charge is -2.03. The molecule has 19 heavy (non-hydrogen) atoms. The van der Waals surface area contributed by atoms with E-state index < -0.39 is 0 Å². The Balaban J connectivity index is 2.22. The summed E-state index contributed by atoms with van der Waals surface area (Å²) in [6.45, 7) is 0. The topological polar surface area (TPSA) is 69.9 Å². The Bertz CT molecular complexity index is 732. The Labute approximate surface area is 118 Å². The van der Waals surface area contributed by atoms with Gasteiger partial charge in [-0.25, -0.2) is 4.98 Å². The number of hydrogen-bond acceptors (Lipinski definition) is 4. The van der Waals surface area contributed by atoms with Crippen molar-refractivity contribution in [1.82, 2.24) is 14.7 Å². The molecule has 0 atom stereocenters. The van der Waals surface area contributed by atoms with Crippen LogP contribution in [0.3, 0.4) is 0 Å². The van der Waals surface area contributed by atoms with Crippen molar-refractivity contribution in [2.24, 2.45) is 7.05 Å². The second-order valence-corrected chi connectivity index (χ2v) is 5.03. The van der Waals surface area contributed by atoms with Crippen LogP contribution < -0.4 is 5.73 Å². The van der Waals surface area contributed by atoms with Crippen molar-refractivity contribution in [1.29, 1.82) is 0 Å². The molecule has 3 rings (SSSR count). The van der Waals surface area contributed by atoms with Crippen molar-refractivity contribution in [2.75, 3.05) is 5.73 Å². The average Bonchev–Trinajstić information content (AvgIpc) is 2.96. The fraction of sp³-hybridized carbons (Fsp3) is 0.0769. The number of halogens is 1. The first-order valence-electron chi connectivity index (χ1n) is 5.65. The number of nitrogen functional groups attached to an aromatic ring is 1. The maximum absolute atomic E-state index is 5.90. The van der Waals surface area contributed by atoms with Gasteiger partial charge >= 0.3 is 0 Å². The number of rotatable bonds is 2. The third kappa shape index (κ3) is 2.04. The van der Waals surface area contributed by atoms with Gasteiger partial charge in [-0.15, -0.1) is 0 Å². The van der Waals surface area contributed by atoms with Crippen LogP contribution in [0.1, 0.15) is 0 Å². The van der Waals surface area contributed by atoms with E-state index in [0.29, 0.717) is 5.69 Å². The maximum Gasteiger partial charge on any atom is 0.230 e. The van der Waals surface area contributed by atoms with E-state index in [1.165, 1.54) is 0 Å². The highest BCUT2D eigenvalue weighted by Crippen LogP contribution is 2.38. The van der Waals surface area contributed by atoms with Crippen LogP contribution in [-0.2, 0) is 7.05 Å². The number of anilines is 1. The minimum atomic E-state index is 0.285. The predicted octanol–water partition coefficient (Wildman–Crippen LogP) is 3.09. The fourth-order valence-electron chi connectivity index (χ4n) is 1.94. The van der Waals surface area contributed by atoms with E-state index in [1.807, 2.05) is 42.1 Å². The summed E-state index contributed by atoms with van der Waals surface area (Å²) in [5.41, 5.74) is 8.96. The second-order valence-electron chi connectivity index (χ2n) is 4.17. The molecule has 0 radical (unpaired) electrons. The Hall–Kier alpha value is -2.08. The molecule has 2 N–H and O–H groups in total. The third-order valence-corrected chi connectivity index (χ3v) is 3.50. The summed E-state index contributed by atoms with van der Waals surface area (Å²) < 4.78 is 7.91. The standard InChI is InChI=1S/C13H11BrN4O/c1-18-6-10(16-7-18)12-11(13(15)19-17-12)8-4-2-3-5-9(8)14/h2-7H,15H2,1H3. The molecule has 0 spiro atoms. The van der Waals surface area contributed by atoms with Crippen molar-refractivity contribution >= 4 is 21.8 Å². The van der Waals surface area contributed by atoms with Crippen LogP contribution in [0.5, 0.6) is 0 Å². The molecule has 96 valence electrons. The van der Waals surface area contributed by atoms with Crippen molar-refractivity contribution in [3.8, 4) is 22.5 Å². The maximum atomic E-state index is 5.90. The molecule has 0 amide bonds. The van der Waals surface area contributed by atoms with E-state index in [-0.39, 0.29) is 5.88 Å². The Morgan fingerprint density at radius 1 is 1.32 bits per heavy atom. The van der Waals surface area contributed by atoms with E-state index in [0.717, 1.165) is 21.3 Å². The van der Waals surface area contributed by atoms with Crippen LogP contribution in [0.15, 0.2) is 45.8 Å². The average molecular weight is 319 g/mol. The summed E-state index contributed by atoms with van der Waals surface area (Å²) in [6.07, 6.45) is 3.58. The summed E-state index contributed by atoms with van der Waals surface area (Å²) in [5.74, 6) is 0.285. The number of nitrogens with two attached hydrogens (primary N) is 1. The molecule has 3 aromatic rings. The molecule has 0 aliphatic heterocycles. The number of aromatic nitrogens is 3. The molecule has 1 aromatic carbocycles. The quantitative estimate of drug-likeness (QED) is 0.788. The predicted molar refractivity (Wildman–Crippen MR) is 76.3 cm³/mol. The first-order valence-corrected chi connectivity index (χ1v) is 6.44. The SMILES string of the molecule is Cn1cnc(-c2noc(N)c2-c2ccccc2Br)c1. The summed E-state index contributed by atoms with van der Waals surface area (Å²) in [4.78, 5) is 4.28. The summed E-state index contributed by atoms with van der Waals surface area (Å²) >= 11 is 3.51. The molecule has 0 unspecified atom stereocenters. The van der Waals surface area contributed by atoms with Gasteiger partial charge in [0.2, 0.25) is 5.88 Å². The first kappa shape index (κ1) is 12.0. The minimum absolute atomic E-state index is 0.285. The Kier molecular flexibility index (Phi) is 2.87. The third-order valence-electron chi connectivity index (χ3n) is 2.81. The molecular formula is C13H11BrN4O. The zero-order valence-corrected chi connectivity index (χ0v) is 11.8. The highest BCUT2D eigenvalue weighted by molar-refractivity contribution is 9.10. The molecule has 0 saturated heterocycles. The zero-order chi connectivity index (χ0) is 13.4. The van der Waals surface area contributed by atoms with Crippen LogP contribution in [-0.4, -0.2) is 14.7 Å². The van der Waals surface area contributed by atoms with Gasteiger partial charge in [0.15, 0.2) is 0 Å². The second kappa shape index (κ2) is 4.55. The number of benzene rings is 1. The monoisotopic (exact) mass is 318 g/mol. The number of nitrogens with zero attached hydrogens (tertiary/aromatic N) is 3. The normalized spacial score (nSPS) is 10.8. The molecular weight excluding hydrogens is 308 g/mol. The smallest absolute Gasteiger partial charge is 0.230 e. The Morgan fingerprint density at radius 3 is 2.79 bits per heavy atom. The number of aryl methyl sites for hydroxylation is 1. The molecule has 0 aliphatic carbocycles. The van der Waals surface area contributed by atoms with Crippen LogP contribution >= 0.6 is 15.9 Å². The zero-order valence-electron chi connectivity index (χ0n) is 10.2. The number of hydrogen-bond donors (Lipinski definition) is 1. The van der Waals surface area contributed by atoms with Crippen molar-refractivity contribution in [3.63, 3.8) is 0 Å². The van der Waals surface area contributed by atoms with Gasteiger partial charge in [-0.3, -0.25) is 0 Å². The van der Waals surface area contributed by atoms with Crippen molar-refractivity contribution in [3.05, 3.63) is 41.3 Å². The lowest BCUT2D eigenvalue weighted by atomic mass is 10.0. The van der Waals surface area contributed by atoms with Crippen molar-refractivity contribution in [2.45, 2.75) is 0 Å². The molecule has 0 aliphatic rings. The van der Waals surface area contributed by atoms with Gasteiger partial charge in [0, 0.05) is 23.3 Å². The van der Waals surface area contributed by atoms with E-state index in [9.17, 15) is 0 Å². The lowest BCUT2D eigenvalue weighted by Crippen LogP contribution is -1.89. The summed E-state index contributed by atoms with van der Waals surface area (Å²) in [7, 11) is 1.90. The number of imidazole rings is 1. The highest BCUT2D eigenvalue weighted by atomic mass is 79.9. The van der Waals surface area contributed by atoms with Crippen LogP contribution in [0.25, 0.3) is 22.5 Å². The van der Waals surface area contributed by atoms with Crippen LogP contribution in [0, 0.1) is 0 Å². The van der Waals surface area contributed by atoms with Crippen molar-refractivity contribution < 1.29 is 4.52 Å². The van der Waals surface area contributed by atoms with Gasteiger partial charge in [0.1, 0.15) is 11.4 Å². The van der Waals surface area contributed by atoms with Crippen LogP contribution in [0.2, 0.25) is 0 Å². The molecule has 0 bridgehead atoms. The molecule has 6 heteroatoms. The molecule has 2 aromatic heterocycles. The van der Waals surface area contributed by atoms with Gasteiger partial charge in [0.25, 0.3) is 0 Å². The van der Waals surface area contributed by atoms with Gasteiger partial charge in [-0.2, -0.15) is 0 Å². The van der Waals surface area contributed by atoms with E-state index >= 15 is 0 Å². The van der Waals surface area contributed by atoms with Gasteiger partial charge in [-0.05, 0) is 6.07 Å². The molecule has 0 saturated carbocycles. The fourth-order valence-corrected chi connectivity index (χ4v) is 2.42. The van der Waals surface area contributed by atoms with E-state index in [1.54, 1.807) is 6.33 Å². The largest absolute Gasteiger partial charge is 0.367 e. The van der Waals surface area contributed by atoms with Gasteiger partial charge < -0.3 is 14.8 Å². The summed E-state index contributed by atoms with van der Waals surface area (Å²) in [6, 6.07) is 7.79. The van der Waals surface area contributed by atoms with Crippen LogP contribution in [0.4, 0.5) is 5.88 Å². The highest BCUT2D eigenvalue weighted by Gasteiger charge is 2.20. The molecule has 5 nitrogen and oxygen atoms in total. The molecule has 2 heterocycles. The van der Waals surface area contributed by atoms with E-state index in [2.05, 4.69) is 26.1 Å². The Morgan fingerprint density at radius 2 is 2.11 bits per heavy atom. The van der Waals surface area contributed by atoms with E-state index in [4.69, 9.17) is 10.3 Å².